The molecule has 2 aromatic rings. The zero-order valence-electron chi connectivity index (χ0n) is 11.9. The van der Waals surface area contributed by atoms with E-state index in [0.29, 0.717) is 5.69 Å². The molecular weight excluding hydrogens is 276 g/mol. The third-order valence-corrected chi connectivity index (χ3v) is 5.14. The molecule has 4 nitrogen and oxygen atoms in total. The van der Waals surface area contributed by atoms with Gasteiger partial charge in [0, 0.05) is 5.69 Å². The summed E-state index contributed by atoms with van der Waals surface area (Å²) in [7, 11) is 0. The maximum Gasteiger partial charge on any atom is 0.336 e. The van der Waals surface area contributed by atoms with Crippen LogP contribution >= 0.6 is 0 Å². The number of hydrogen-bond donors (Lipinski definition) is 0. The highest BCUT2D eigenvalue weighted by atomic mass is 16.2. The van der Waals surface area contributed by atoms with Crippen LogP contribution in [0.5, 0.6) is 0 Å². The average molecular weight is 290 g/mol. The Morgan fingerprint density at radius 3 is 2.50 bits per heavy atom. The molecule has 1 saturated carbocycles. The minimum Gasteiger partial charge on any atom is -0.278 e. The number of imide groups is 1. The molecule has 3 aliphatic rings. The van der Waals surface area contributed by atoms with Gasteiger partial charge in [0.25, 0.3) is 5.91 Å². The van der Waals surface area contributed by atoms with Gasteiger partial charge in [0.15, 0.2) is 0 Å². The molecule has 2 unspecified atom stereocenters. The summed E-state index contributed by atoms with van der Waals surface area (Å²) in [5.41, 5.74) is 2.09. The van der Waals surface area contributed by atoms with Gasteiger partial charge >= 0.3 is 6.03 Å². The van der Waals surface area contributed by atoms with E-state index in [-0.39, 0.29) is 17.9 Å². The van der Waals surface area contributed by atoms with Gasteiger partial charge < -0.3 is 0 Å². The minimum absolute atomic E-state index is 0.0665. The summed E-state index contributed by atoms with van der Waals surface area (Å²) in [6.45, 7) is 0. The van der Waals surface area contributed by atoms with Crippen molar-refractivity contribution in [2.24, 2.45) is 5.92 Å². The lowest BCUT2D eigenvalue weighted by Gasteiger charge is -2.29. The molecule has 2 aliphatic heterocycles. The number of anilines is 2. The van der Waals surface area contributed by atoms with Gasteiger partial charge in [0.05, 0.1) is 5.69 Å². The number of carbonyl (C=O) groups is 2. The molecule has 22 heavy (non-hydrogen) atoms. The number of amides is 3. The van der Waals surface area contributed by atoms with E-state index in [9.17, 15) is 9.59 Å². The molecule has 2 fully saturated rings. The van der Waals surface area contributed by atoms with Crippen molar-refractivity contribution >= 4 is 23.3 Å². The highest BCUT2D eigenvalue weighted by molar-refractivity contribution is 6.32. The lowest BCUT2D eigenvalue weighted by Crippen LogP contribution is -2.42. The maximum atomic E-state index is 13.0. The summed E-state index contributed by atoms with van der Waals surface area (Å²) in [6, 6.07) is 16.9. The Bertz CT molecular complexity index is 817. The molecule has 3 amide bonds. The van der Waals surface area contributed by atoms with E-state index in [1.807, 2.05) is 48.5 Å². The van der Waals surface area contributed by atoms with Crippen molar-refractivity contribution in [2.75, 3.05) is 9.80 Å². The number of hydrogen-bond acceptors (Lipinski definition) is 2. The monoisotopic (exact) mass is 290 g/mol. The van der Waals surface area contributed by atoms with E-state index >= 15 is 0 Å². The first-order valence-corrected chi connectivity index (χ1v) is 7.55. The fourth-order valence-electron chi connectivity index (χ4n) is 4.03. The molecule has 2 atom stereocenters. The van der Waals surface area contributed by atoms with E-state index in [1.54, 1.807) is 4.90 Å². The minimum atomic E-state index is -0.624. The van der Waals surface area contributed by atoms with Gasteiger partial charge in [-0.05, 0) is 42.5 Å². The van der Waals surface area contributed by atoms with E-state index < -0.39 is 5.54 Å². The van der Waals surface area contributed by atoms with Crippen LogP contribution in [0.4, 0.5) is 16.2 Å². The van der Waals surface area contributed by atoms with E-state index in [2.05, 4.69) is 6.07 Å². The molecule has 2 aromatic carbocycles. The number of benzene rings is 2. The van der Waals surface area contributed by atoms with E-state index in [0.717, 1.165) is 24.1 Å². The van der Waals surface area contributed by atoms with Crippen LogP contribution in [-0.2, 0) is 11.2 Å². The first-order valence-electron chi connectivity index (χ1n) is 7.55. The number of rotatable bonds is 1. The largest absolute Gasteiger partial charge is 0.336 e. The zero-order chi connectivity index (χ0) is 14.9. The highest BCUT2D eigenvalue weighted by Gasteiger charge is 2.73. The lowest BCUT2D eigenvalue weighted by molar-refractivity contribution is -0.119. The number of urea groups is 1. The average Bonchev–Trinajstić information content (AvgIpc) is 3.23. The maximum absolute atomic E-state index is 13.0. The standard InChI is InChI=1S/C18H14N2O2/c21-16-18-11-13(18)10-12-6-4-5-9-15(12)20(18)17(22)19(16)14-7-2-1-3-8-14/h1-9,13H,10-11H2. The number of fused-ring (bicyclic) bond motifs is 2. The highest BCUT2D eigenvalue weighted by Crippen LogP contribution is 2.60. The number of nitrogens with zero attached hydrogens (tertiary/aromatic N) is 2. The molecular formula is C18H14N2O2. The number of para-hydroxylation sites is 2. The summed E-state index contributed by atoms with van der Waals surface area (Å²) in [4.78, 5) is 29.1. The topological polar surface area (TPSA) is 40.6 Å². The summed E-state index contributed by atoms with van der Waals surface area (Å²) in [5, 5.41) is 0. The summed E-state index contributed by atoms with van der Waals surface area (Å²) in [5.74, 6) is 0.191. The molecule has 0 aromatic heterocycles. The predicted molar refractivity (Wildman–Crippen MR) is 82.8 cm³/mol. The third kappa shape index (κ3) is 1.24. The quantitative estimate of drug-likeness (QED) is 0.758. The Kier molecular flexibility index (Phi) is 2.05. The van der Waals surface area contributed by atoms with Gasteiger partial charge in [-0.3, -0.25) is 9.69 Å². The van der Waals surface area contributed by atoms with Gasteiger partial charge in [-0.2, -0.15) is 0 Å². The second kappa shape index (κ2) is 3.77. The van der Waals surface area contributed by atoms with Gasteiger partial charge in [0.1, 0.15) is 5.54 Å². The molecule has 1 aliphatic carbocycles. The smallest absolute Gasteiger partial charge is 0.278 e. The Labute approximate surface area is 128 Å². The second-order valence-corrected chi connectivity index (χ2v) is 6.25. The first-order chi connectivity index (χ1) is 10.7. The van der Waals surface area contributed by atoms with Crippen molar-refractivity contribution in [3.05, 3.63) is 60.2 Å². The van der Waals surface area contributed by atoms with E-state index in [4.69, 9.17) is 0 Å². The van der Waals surface area contributed by atoms with Crippen LogP contribution in [0.1, 0.15) is 12.0 Å². The van der Waals surface area contributed by atoms with Crippen LogP contribution in [-0.4, -0.2) is 17.5 Å². The van der Waals surface area contributed by atoms with Crippen LogP contribution in [0.15, 0.2) is 54.6 Å². The van der Waals surface area contributed by atoms with Gasteiger partial charge in [0.2, 0.25) is 0 Å². The molecule has 0 radical (unpaired) electrons. The summed E-state index contributed by atoms with van der Waals surface area (Å²) in [6.07, 6.45) is 1.66. The zero-order valence-corrected chi connectivity index (χ0v) is 11.9. The van der Waals surface area contributed by atoms with Crippen molar-refractivity contribution < 1.29 is 9.59 Å². The lowest BCUT2D eigenvalue weighted by atomic mass is 9.97. The molecule has 0 N–H and O–H groups in total. The molecule has 0 bridgehead atoms. The van der Waals surface area contributed by atoms with E-state index in [1.165, 1.54) is 4.90 Å². The van der Waals surface area contributed by atoms with Crippen LogP contribution in [0.25, 0.3) is 0 Å². The van der Waals surface area contributed by atoms with Crippen LogP contribution < -0.4 is 9.80 Å². The van der Waals surface area contributed by atoms with Crippen LogP contribution in [0.3, 0.4) is 0 Å². The predicted octanol–water partition coefficient (Wildman–Crippen LogP) is 2.97. The molecule has 5 rings (SSSR count). The Morgan fingerprint density at radius 1 is 0.955 bits per heavy atom. The fourth-order valence-corrected chi connectivity index (χ4v) is 4.03. The van der Waals surface area contributed by atoms with Crippen molar-refractivity contribution in [1.82, 2.24) is 0 Å². The molecule has 108 valence electrons. The normalized spacial score (nSPS) is 28.3. The molecule has 2 heterocycles. The van der Waals surface area contributed by atoms with Gasteiger partial charge in [-0.25, -0.2) is 9.69 Å². The molecule has 1 saturated heterocycles. The van der Waals surface area contributed by atoms with Crippen molar-refractivity contribution in [3.63, 3.8) is 0 Å². The fraction of sp³-hybridized carbons (Fsp3) is 0.222. The van der Waals surface area contributed by atoms with Crippen LogP contribution in [0, 0.1) is 5.92 Å². The SMILES string of the molecule is O=C1N(c2ccccc2)C(=O)C23CC2Cc2ccccc2N13. The molecule has 4 heteroatoms. The third-order valence-electron chi connectivity index (χ3n) is 5.14. The van der Waals surface area contributed by atoms with Crippen molar-refractivity contribution in [3.8, 4) is 0 Å². The van der Waals surface area contributed by atoms with Crippen LogP contribution in [0.2, 0.25) is 0 Å². The summed E-state index contributed by atoms with van der Waals surface area (Å²) >= 11 is 0. The Balaban J connectivity index is 1.69. The Hall–Kier alpha value is -2.62. The second-order valence-electron chi connectivity index (χ2n) is 6.25. The molecule has 1 spiro atoms. The van der Waals surface area contributed by atoms with Crippen molar-refractivity contribution in [1.29, 1.82) is 0 Å². The summed E-state index contributed by atoms with van der Waals surface area (Å²) < 4.78 is 0. The van der Waals surface area contributed by atoms with Gasteiger partial charge in [-0.1, -0.05) is 36.4 Å². The van der Waals surface area contributed by atoms with Gasteiger partial charge in [-0.15, -0.1) is 0 Å². The van der Waals surface area contributed by atoms with Crippen molar-refractivity contribution in [2.45, 2.75) is 18.4 Å². The number of carbonyl (C=O) groups excluding carboxylic acids is 2. The first kappa shape index (κ1) is 12.0. The Morgan fingerprint density at radius 2 is 1.68 bits per heavy atom.